The number of aryl methyl sites for hydroxylation is 1. The van der Waals surface area contributed by atoms with Gasteiger partial charge in [-0.05, 0) is 48.7 Å². The number of amides is 1. The fourth-order valence-corrected chi connectivity index (χ4v) is 3.67. The molecule has 3 rings (SSSR count). The molecule has 1 N–H and O–H groups in total. The number of nitrogens with zero attached hydrogens (tertiary/aromatic N) is 1. The number of benzene rings is 2. The van der Waals surface area contributed by atoms with Crippen LogP contribution in [-0.4, -0.2) is 26.5 Å². The van der Waals surface area contributed by atoms with Gasteiger partial charge in [0.1, 0.15) is 5.82 Å². The molecular weight excluding hydrogens is 335 g/mol. The van der Waals surface area contributed by atoms with E-state index in [9.17, 15) is 9.18 Å². The minimum Gasteiger partial charge on any atom is -0.378 e. The standard InChI is InChI=1S/C20H21FN2OS/c1-23(2)15-10-8-14(9-11-15)5-4-12-22-20(24)19-13-16-17(21)6-3-7-18(16)25-19/h3,6-11,13H,4-5,12H2,1-2H3,(H,22,24). The number of carbonyl (C=O) groups excluding carboxylic acids is 1. The van der Waals surface area contributed by atoms with Gasteiger partial charge in [-0.1, -0.05) is 18.2 Å². The molecule has 2 aromatic carbocycles. The molecule has 0 fully saturated rings. The first kappa shape index (κ1) is 17.4. The Hall–Kier alpha value is -2.40. The number of thiophene rings is 1. The zero-order chi connectivity index (χ0) is 17.8. The third kappa shape index (κ3) is 4.17. The Kier molecular flexibility index (Phi) is 5.34. The quantitative estimate of drug-likeness (QED) is 0.661. The Balaban J connectivity index is 1.51. The summed E-state index contributed by atoms with van der Waals surface area (Å²) in [6.07, 6.45) is 1.78. The van der Waals surface area contributed by atoms with Gasteiger partial charge in [-0.15, -0.1) is 11.3 Å². The van der Waals surface area contributed by atoms with Crippen LogP contribution in [0.15, 0.2) is 48.5 Å². The summed E-state index contributed by atoms with van der Waals surface area (Å²) < 4.78 is 14.5. The Bertz CT molecular complexity index is 871. The number of anilines is 1. The van der Waals surface area contributed by atoms with E-state index in [1.165, 1.54) is 28.7 Å². The van der Waals surface area contributed by atoms with E-state index in [4.69, 9.17) is 0 Å². The number of nitrogens with one attached hydrogen (secondary N) is 1. The van der Waals surface area contributed by atoms with E-state index in [-0.39, 0.29) is 11.7 Å². The summed E-state index contributed by atoms with van der Waals surface area (Å²) in [7, 11) is 4.04. The summed E-state index contributed by atoms with van der Waals surface area (Å²) in [6, 6.07) is 15.0. The molecule has 1 aromatic heterocycles. The Labute approximate surface area is 151 Å². The van der Waals surface area contributed by atoms with Crippen molar-refractivity contribution in [1.29, 1.82) is 0 Å². The first-order valence-corrected chi connectivity index (χ1v) is 9.09. The lowest BCUT2D eigenvalue weighted by Crippen LogP contribution is -2.23. The van der Waals surface area contributed by atoms with Crippen LogP contribution in [0.1, 0.15) is 21.7 Å². The molecule has 0 aliphatic rings. The maximum atomic E-state index is 13.7. The third-order valence-corrected chi connectivity index (χ3v) is 5.21. The molecule has 5 heteroatoms. The summed E-state index contributed by atoms with van der Waals surface area (Å²) in [6.45, 7) is 0.602. The highest BCUT2D eigenvalue weighted by atomic mass is 32.1. The molecule has 0 radical (unpaired) electrons. The van der Waals surface area contributed by atoms with Crippen molar-refractivity contribution in [3.8, 4) is 0 Å². The molecule has 0 bridgehead atoms. The van der Waals surface area contributed by atoms with Crippen molar-refractivity contribution in [2.45, 2.75) is 12.8 Å². The maximum absolute atomic E-state index is 13.7. The normalized spacial score (nSPS) is 10.8. The van der Waals surface area contributed by atoms with Gasteiger partial charge < -0.3 is 10.2 Å². The fraction of sp³-hybridized carbons (Fsp3) is 0.250. The second-order valence-electron chi connectivity index (χ2n) is 6.18. The lowest BCUT2D eigenvalue weighted by Gasteiger charge is -2.12. The van der Waals surface area contributed by atoms with Crippen molar-refractivity contribution in [3.05, 3.63) is 64.8 Å². The van der Waals surface area contributed by atoms with Crippen LogP contribution in [0.2, 0.25) is 0 Å². The molecule has 0 unspecified atom stereocenters. The minimum atomic E-state index is -0.283. The van der Waals surface area contributed by atoms with Crippen LogP contribution < -0.4 is 10.2 Å². The van der Waals surface area contributed by atoms with Gasteiger partial charge in [-0.25, -0.2) is 4.39 Å². The maximum Gasteiger partial charge on any atom is 0.261 e. The van der Waals surface area contributed by atoms with Crippen LogP contribution >= 0.6 is 11.3 Å². The highest BCUT2D eigenvalue weighted by Crippen LogP contribution is 2.27. The van der Waals surface area contributed by atoms with Crippen LogP contribution in [-0.2, 0) is 6.42 Å². The molecule has 130 valence electrons. The Morgan fingerprint density at radius 2 is 1.92 bits per heavy atom. The number of halogens is 1. The van der Waals surface area contributed by atoms with E-state index >= 15 is 0 Å². The van der Waals surface area contributed by atoms with E-state index < -0.39 is 0 Å². The smallest absolute Gasteiger partial charge is 0.261 e. The van der Waals surface area contributed by atoms with E-state index in [2.05, 4.69) is 34.5 Å². The zero-order valence-electron chi connectivity index (χ0n) is 14.4. The van der Waals surface area contributed by atoms with Gasteiger partial charge in [-0.2, -0.15) is 0 Å². The largest absolute Gasteiger partial charge is 0.378 e. The second-order valence-corrected chi connectivity index (χ2v) is 7.27. The number of fused-ring (bicyclic) bond motifs is 1. The van der Waals surface area contributed by atoms with Gasteiger partial charge in [0.15, 0.2) is 0 Å². The minimum absolute atomic E-state index is 0.136. The van der Waals surface area contributed by atoms with E-state index in [0.29, 0.717) is 16.8 Å². The van der Waals surface area contributed by atoms with Crippen LogP contribution in [0.5, 0.6) is 0 Å². The highest BCUT2D eigenvalue weighted by molar-refractivity contribution is 7.20. The molecule has 3 nitrogen and oxygen atoms in total. The fourth-order valence-electron chi connectivity index (χ4n) is 2.68. The third-order valence-electron chi connectivity index (χ3n) is 4.11. The molecule has 25 heavy (non-hydrogen) atoms. The van der Waals surface area contributed by atoms with Crippen molar-refractivity contribution in [2.75, 3.05) is 25.5 Å². The van der Waals surface area contributed by atoms with Crippen molar-refractivity contribution in [2.24, 2.45) is 0 Å². The summed E-state index contributed by atoms with van der Waals surface area (Å²) in [4.78, 5) is 14.8. The summed E-state index contributed by atoms with van der Waals surface area (Å²) in [5.74, 6) is -0.419. The second kappa shape index (κ2) is 7.66. The highest BCUT2D eigenvalue weighted by Gasteiger charge is 2.11. The number of carbonyl (C=O) groups is 1. The Morgan fingerprint density at radius 1 is 1.16 bits per heavy atom. The number of hydrogen-bond acceptors (Lipinski definition) is 3. The number of hydrogen-bond donors (Lipinski definition) is 1. The molecule has 0 saturated carbocycles. The molecule has 1 amide bonds. The SMILES string of the molecule is CN(C)c1ccc(CCCNC(=O)c2cc3c(F)cccc3s2)cc1. The van der Waals surface area contributed by atoms with Gasteiger partial charge in [0.25, 0.3) is 5.91 Å². The van der Waals surface area contributed by atoms with Crippen molar-refractivity contribution < 1.29 is 9.18 Å². The van der Waals surface area contributed by atoms with Gasteiger partial charge in [-0.3, -0.25) is 4.79 Å². The van der Waals surface area contributed by atoms with Gasteiger partial charge in [0.2, 0.25) is 0 Å². The molecule has 1 heterocycles. The molecule has 0 aliphatic heterocycles. The lowest BCUT2D eigenvalue weighted by molar-refractivity contribution is 0.0957. The summed E-state index contributed by atoms with van der Waals surface area (Å²) in [5.41, 5.74) is 2.43. The predicted molar refractivity (Wildman–Crippen MR) is 103 cm³/mol. The van der Waals surface area contributed by atoms with Gasteiger partial charge in [0.05, 0.1) is 4.88 Å². The molecule has 0 saturated heterocycles. The zero-order valence-corrected chi connectivity index (χ0v) is 15.2. The Morgan fingerprint density at radius 3 is 2.60 bits per heavy atom. The topological polar surface area (TPSA) is 32.3 Å². The van der Waals surface area contributed by atoms with Crippen LogP contribution in [0, 0.1) is 5.82 Å². The molecule has 0 aliphatic carbocycles. The van der Waals surface area contributed by atoms with Crippen molar-refractivity contribution >= 4 is 33.0 Å². The summed E-state index contributed by atoms with van der Waals surface area (Å²) in [5, 5.41) is 3.43. The number of rotatable bonds is 6. The van der Waals surface area contributed by atoms with Crippen LogP contribution in [0.25, 0.3) is 10.1 Å². The molecule has 0 atom stereocenters. The molecular formula is C20H21FN2OS. The van der Waals surface area contributed by atoms with E-state index in [1.54, 1.807) is 12.1 Å². The lowest BCUT2D eigenvalue weighted by atomic mass is 10.1. The summed E-state index contributed by atoms with van der Waals surface area (Å²) >= 11 is 1.32. The van der Waals surface area contributed by atoms with Crippen molar-refractivity contribution in [1.82, 2.24) is 5.32 Å². The van der Waals surface area contributed by atoms with Crippen LogP contribution in [0.3, 0.4) is 0 Å². The average molecular weight is 356 g/mol. The average Bonchev–Trinajstić information content (AvgIpc) is 3.05. The van der Waals surface area contributed by atoms with Crippen LogP contribution in [0.4, 0.5) is 10.1 Å². The van der Waals surface area contributed by atoms with Gasteiger partial charge >= 0.3 is 0 Å². The van der Waals surface area contributed by atoms with Gasteiger partial charge in [0, 0.05) is 36.4 Å². The van der Waals surface area contributed by atoms with Crippen molar-refractivity contribution in [3.63, 3.8) is 0 Å². The molecule has 3 aromatic rings. The first-order chi connectivity index (χ1) is 12.0. The van der Waals surface area contributed by atoms with E-state index in [1.807, 2.05) is 20.2 Å². The van der Waals surface area contributed by atoms with E-state index in [0.717, 1.165) is 17.5 Å². The first-order valence-electron chi connectivity index (χ1n) is 8.27. The molecule has 0 spiro atoms. The monoisotopic (exact) mass is 356 g/mol. The predicted octanol–water partition coefficient (Wildman–Crippen LogP) is 4.47.